The number of nitrogens with one attached hydrogen (secondary N) is 2. The van der Waals surface area contributed by atoms with Crippen LogP contribution in [0.3, 0.4) is 0 Å². The van der Waals surface area contributed by atoms with Crippen LogP contribution in [0.5, 0.6) is 0 Å². The van der Waals surface area contributed by atoms with Crippen molar-refractivity contribution in [3.8, 4) is 0 Å². The van der Waals surface area contributed by atoms with Crippen LogP contribution in [0.2, 0.25) is 5.02 Å². The van der Waals surface area contributed by atoms with Gasteiger partial charge < -0.3 is 0 Å². The molecule has 0 aliphatic heterocycles. The van der Waals surface area contributed by atoms with E-state index in [1.54, 1.807) is 6.07 Å². The summed E-state index contributed by atoms with van der Waals surface area (Å²) >= 11 is 5.63. The topological polar surface area (TPSA) is 75.3 Å². The standard InChI is InChI=1S/C8H9ClN2O3S/c1-6(12)10-11-15(13,14)8-4-2-3-7(9)5-8/h2-5,11H,1H3,(H,10,12). The molecule has 1 aromatic carbocycles. The van der Waals surface area contributed by atoms with Gasteiger partial charge in [-0.2, -0.15) is 0 Å². The zero-order valence-electron chi connectivity index (χ0n) is 7.82. The van der Waals surface area contributed by atoms with Crippen molar-refractivity contribution in [2.75, 3.05) is 0 Å². The second-order valence-electron chi connectivity index (χ2n) is 2.74. The Labute approximate surface area is 92.5 Å². The van der Waals surface area contributed by atoms with Crippen LogP contribution in [-0.4, -0.2) is 14.3 Å². The summed E-state index contributed by atoms with van der Waals surface area (Å²) in [5, 5.41) is 0.306. The van der Waals surface area contributed by atoms with E-state index in [0.717, 1.165) is 0 Å². The van der Waals surface area contributed by atoms with Crippen LogP contribution in [-0.2, 0) is 14.8 Å². The SMILES string of the molecule is CC(=O)NNS(=O)(=O)c1cccc(Cl)c1. The van der Waals surface area contributed by atoms with E-state index < -0.39 is 15.9 Å². The molecule has 0 spiro atoms. The quantitative estimate of drug-likeness (QED) is 0.772. The van der Waals surface area contributed by atoms with E-state index in [-0.39, 0.29) is 4.90 Å². The molecule has 0 aliphatic rings. The fraction of sp³-hybridized carbons (Fsp3) is 0.125. The zero-order chi connectivity index (χ0) is 11.5. The van der Waals surface area contributed by atoms with E-state index in [1.807, 2.05) is 10.3 Å². The first-order valence-corrected chi connectivity index (χ1v) is 5.82. The normalized spacial score (nSPS) is 11.1. The molecule has 5 nitrogen and oxygen atoms in total. The van der Waals surface area contributed by atoms with Gasteiger partial charge >= 0.3 is 0 Å². The Morgan fingerprint density at radius 1 is 1.40 bits per heavy atom. The van der Waals surface area contributed by atoms with E-state index in [4.69, 9.17) is 11.6 Å². The van der Waals surface area contributed by atoms with Gasteiger partial charge in [0.25, 0.3) is 10.0 Å². The molecular weight excluding hydrogens is 240 g/mol. The molecule has 0 aromatic heterocycles. The predicted octanol–water partition coefficient (Wildman–Crippen LogP) is 0.669. The van der Waals surface area contributed by atoms with Crippen LogP contribution in [0.1, 0.15) is 6.92 Å². The minimum absolute atomic E-state index is 0.0104. The molecule has 1 rings (SSSR count). The van der Waals surface area contributed by atoms with Gasteiger partial charge in [-0.1, -0.05) is 17.7 Å². The van der Waals surface area contributed by atoms with Crippen LogP contribution >= 0.6 is 11.6 Å². The summed E-state index contributed by atoms with van der Waals surface area (Å²) in [6.07, 6.45) is 0. The zero-order valence-corrected chi connectivity index (χ0v) is 9.39. The molecule has 0 aliphatic carbocycles. The summed E-state index contributed by atoms with van der Waals surface area (Å²) < 4.78 is 23.0. The summed E-state index contributed by atoms with van der Waals surface area (Å²) in [7, 11) is -3.74. The van der Waals surface area contributed by atoms with Crippen LogP contribution in [0.15, 0.2) is 29.2 Å². The molecule has 0 heterocycles. The summed E-state index contributed by atoms with van der Waals surface area (Å²) in [5.74, 6) is -0.499. The number of hydrogen-bond acceptors (Lipinski definition) is 3. The molecule has 2 N–H and O–H groups in total. The minimum atomic E-state index is -3.74. The highest BCUT2D eigenvalue weighted by molar-refractivity contribution is 7.89. The molecule has 0 bridgehead atoms. The molecule has 0 saturated carbocycles. The van der Waals surface area contributed by atoms with Crippen molar-refractivity contribution in [3.63, 3.8) is 0 Å². The number of rotatable bonds is 3. The smallest absolute Gasteiger partial charge is 0.257 e. The maximum absolute atomic E-state index is 11.5. The number of carbonyl (C=O) groups excluding carboxylic acids is 1. The fourth-order valence-electron chi connectivity index (χ4n) is 0.832. The van der Waals surface area contributed by atoms with Gasteiger partial charge in [-0.15, -0.1) is 4.83 Å². The number of amides is 1. The predicted molar refractivity (Wildman–Crippen MR) is 55.6 cm³/mol. The van der Waals surface area contributed by atoms with E-state index in [1.165, 1.54) is 25.1 Å². The Morgan fingerprint density at radius 2 is 2.07 bits per heavy atom. The number of halogens is 1. The van der Waals surface area contributed by atoms with Gasteiger partial charge in [0.2, 0.25) is 5.91 Å². The van der Waals surface area contributed by atoms with Gasteiger partial charge in [-0.05, 0) is 18.2 Å². The molecule has 0 fully saturated rings. The average Bonchev–Trinajstić information content (AvgIpc) is 2.15. The Morgan fingerprint density at radius 3 is 2.60 bits per heavy atom. The minimum Gasteiger partial charge on any atom is -0.278 e. The first-order valence-electron chi connectivity index (χ1n) is 3.96. The molecule has 1 amide bonds. The first kappa shape index (κ1) is 12.0. The Hall–Kier alpha value is -1.11. The Bertz CT molecular complexity index is 473. The number of hydrazine groups is 1. The number of carbonyl (C=O) groups is 1. The van der Waals surface area contributed by atoms with E-state index in [0.29, 0.717) is 5.02 Å². The van der Waals surface area contributed by atoms with E-state index >= 15 is 0 Å². The van der Waals surface area contributed by atoms with Gasteiger partial charge in [-0.3, -0.25) is 10.2 Å². The highest BCUT2D eigenvalue weighted by Gasteiger charge is 2.13. The van der Waals surface area contributed by atoms with Gasteiger partial charge in [0, 0.05) is 11.9 Å². The summed E-state index contributed by atoms with van der Waals surface area (Å²) in [6, 6.07) is 5.71. The molecule has 7 heteroatoms. The summed E-state index contributed by atoms with van der Waals surface area (Å²) in [6.45, 7) is 1.19. The third kappa shape index (κ3) is 3.50. The van der Waals surface area contributed by atoms with Crippen molar-refractivity contribution < 1.29 is 13.2 Å². The third-order valence-corrected chi connectivity index (χ3v) is 2.95. The maximum Gasteiger partial charge on any atom is 0.257 e. The van der Waals surface area contributed by atoms with Crippen molar-refractivity contribution >= 4 is 27.5 Å². The highest BCUT2D eigenvalue weighted by atomic mass is 35.5. The molecule has 0 saturated heterocycles. The number of benzene rings is 1. The molecular formula is C8H9ClN2O3S. The summed E-state index contributed by atoms with van der Waals surface area (Å²) in [5.41, 5.74) is 1.98. The molecule has 0 unspecified atom stereocenters. The Kier molecular flexibility index (Phi) is 3.67. The monoisotopic (exact) mass is 248 g/mol. The second-order valence-corrected chi connectivity index (χ2v) is 4.86. The first-order chi connectivity index (χ1) is 6.92. The average molecular weight is 249 g/mol. The van der Waals surface area contributed by atoms with Crippen LogP contribution < -0.4 is 10.3 Å². The molecule has 0 radical (unpaired) electrons. The lowest BCUT2D eigenvalue weighted by Gasteiger charge is -2.06. The van der Waals surface area contributed by atoms with Crippen LogP contribution in [0, 0.1) is 0 Å². The maximum atomic E-state index is 11.5. The molecule has 0 atom stereocenters. The lowest BCUT2D eigenvalue weighted by molar-refractivity contribution is -0.119. The lowest BCUT2D eigenvalue weighted by Crippen LogP contribution is -2.40. The largest absolute Gasteiger partial charge is 0.278 e. The van der Waals surface area contributed by atoms with Crippen molar-refractivity contribution in [1.29, 1.82) is 0 Å². The molecule has 15 heavy (non-hydrogen) atoms. The number of hydrogen-bond donors (Lipinski definition) is 2. The van der Waals surface area contributed by atoms with Gasteiger partial charge in [0.1, 0.15) is 0 Å². The van der Waals surface area contributed by atoms with E-state index in [2.05, 4.69) is 0 Å². The Balaban J connectivity index is 2.91. The van der Waals surface area contributed by atoms with Gasteiger partial charge in [0.15, 0.2) is 0 Å². The fourth-order valence-corrected chi connectivity index (χ4v) is 2.02. The number of sulfonamides is 1. The third-order valence-electron chi connectivity index (χ3n) is 1.47. The van der Waals surface area contributed by atoms with Gasteiger partial charge in [-0.25, -0.2) is 8.42 Å². The van der Waals surface area contributed by atoms with Crippen molar-refractivity contribution in [2.45, 2.75) is 11.8 Å². The molecule has 82 valence electrons. The summed E-state index contributed by atoms with van der Waals surface area (Å²) in [4.78, 5) is 12.4. The molecule has 1 aromatic rings. The van der Waals surface area contributed by atoms with Gasteiger partial charge in [0.05, 0.1) is 4.90 Å². The lowest BCUT2D eigenvalue weighted by atomic mass is 10.4. The second kappa shape index (κ2) is 4.61. The van der Waals surface area contributed by atoms with Crippen molar-refractivity contribution in [1.82, 2.24) is 10.3 Å². The van der Waals surface area contributed by atoms with Crippen molar-refractivity contribution in [3.05, 3.63) is 29.3 Å². The van der Waals surface area contributed by atoms with E-state index in [9.17, 15) is 13.2 Å². The van der Waals surface area contributed by atoms with Crippen LogP contribution in [0.4, 0.5) is 0 Å². The highest BCUT2D eigenvalue weighted by Crippen LogP contribution is 2.14. The van der Waals surface area contributed by atoms with Crippen LogP contribution in [0.25, 0.3) is 0 Å². The van der Waals surface area contributed by atoms with Crippen molar-refractivity contribution in [2.24, 2.45) is 0 Å².